The fraction of sp³-hybridized carbons (Fsp3) is 0.740. The van der Waals surface area contributed by atoms with E-state index in [2.05, 4.69) is 74.6 Å². The number of allylic oxidation sites excluding steroid dienone is 10. The number of hydrogen-bond donors (Lipinski definition) is 0. The number of carboxylic acids is 1. The number of aliphatic carboxylic acids is 1. The van der Waals surface area contributed by atoms with Crippen LogP contribution < -0.4 is 5.11 Å². The van der Waals surface area contributed by atoms with Gasteiger partial charge in [0.1, 0.15) is 12.6 Å². The smallest absolute Gasteiger partial charge is 0.306 e. The number of unbranched alkanes of at least 4 members (excludes halogenated alkanes) is 18. The summed E-state index contributed by atoms with van der Waals surface area (Å²) in [5.74, 6) is -1.77. The maximum atomic E-state index is 12.7. The minimum absolute atomic E-state index is 0.0282. The molecule has 0 saturated carbocycles. The predicted octanol–water partition coefficient (Wildman–Crippen LogP) is 11.6. The molecular weight excluding hydrogens is 727 g/mol. The van der Waals surface area contributed by atoms with Crippen LogP contribution in [0, 0.1) is 0 Å². The van der Waals surface area contributed by atoms with Gasteiger partial charge in [-0.1, -0.05) is 158 Å². The van der Waals surface area contributed by atoms with Gasteiger partial charge in [0.2, 0.25) is 0 Å². The number of carbonyl (C=O) groups excluding carboxylic acids is 3. The lowest BCUT2D eigenvalue weighted by Crippen LogP contribution is -2.55. The molecular formula is C50H87NO7. The van der Waals surface area contributed by atoms with Crippen LogP contribution >= 0.6 is 0 Å². The van der Waals surface area contributed by atoms with Gasteiger partial charge in [0, 0.05) is 19.3 Å². The number of carboxylic acid groups (broad SMARTS) is 1. The first-order valence-corrected chi connectivity index (χ1v) is 23.3. The van der Waals surface area contributed by atoms with Crippen molar-refractivity contribution in [3.8, 4) is 0 Å². The summed E-state index contributed by atoms with van der Waals surface area (Å²) >= 11 is 0. The van der Waals surface area contributed by atoms with Crippen molar-refractivity contribution < 1.29 is 38.2 Å². The van der Waals surface area contributed by atoms with Crippen LogP contribution in [0.15, 0.2) is 60.8 Å². The molecule has 8 heteroatoms. The van der Waals surface area contributed by atoms with Gasteiger partial charge in [-0.25, -0.2) is 0 Å². The summed E-state index contributed by atoms with van der Waals surface area (Å²) < 4.78 is 17.2. The van der Waals surface area contributed by atoms with Crippen LogP contribution in [0.2, 0.25) is 0 Å². The highest BCUT2D eigenvalue weighted by molar-refractivity contribution is 5.70. The third-order valence-electron chi connectivity index (χ3n) is 10.2. The molecule has 0 bridgehead atoms. The van der Waals surface area contributed by atoms with Gasteiger partial charge in [-0.2, -0.15) is 0 Å². The normalized spacial score (nSPS) is 13.5. The monoisotopic (exact) mass is 814 g/mol. The topological polar surface area (TPSA) is 102 Å². The van der Waals surface area contributed by atoms with Gasteiger partial charge in [0.25, 0.3) is 0 Å². The molecule has 0 aromatic carbocycles. The van der Waals surface area contributed by atoms with E-state index in [4.69, 9.17) is 14.2 Å². The first-order valence-electron chi connectivity index (χ1n) is 23.3. The van der Waals surface area contributed by atoms with E-state index in [-0.39, 0.29) is 42.7 Å². The van der Waals surface area contributed by atoms with Crippen molar-refractivity contribution in [3.05, 3.63) is 60.8 Å². The zero-order valence-electron chi connectivity index (χ0n) is 37.9. The molecule has 0 aliphatic rings. The van der Waals surface area contributed by atoms with Crippen LogP contribution in [0.3, 0.4) is 0 Å². The van der Waals surface area contributed by atoms with Crippen LogP contribution in [-0.2, 0) is 28.6 Å². The minimum Gasteiger partial charge on any atom is -0.544 e. The molecule has 58 heavy (non-hydrogen) atoms. The second kappa shape index (κ2) is 40.8. The number of nitrogens with zero attached hydrogens (tertiary/aromatic N) is 1. The highest BCUT2D eigenvalue weighted by Gasteiger charge is 2.25. The van der Waals surface area contributed by atoms with Crippen molar-refractivity contribution in [2.75, 3.05) is 41.0 Å². The lowest BCUT2D eigenvalue weighted by molar-refractivity contribution is -0.889. The molecule has 0 aromatic rings. The van der Waals surface area contributed by atoms with E-state index < -0.39 is 18.1 Å². The molecule has 0 aliphatic carbocycles. The number of rotatable bonds is 41. The minimum atomic E-state index is -1.13. The lowest BCUT2D eigenvalue weighted by Gasteiger charge is -2.34. The molecule has 0 saturated heterocycles. The van der Waals surface area contributed by atoms with Crippen molar-refractivity contribution >= 4 is 17.9 Å². The van der Waals surface area contributed by atoms with Crippen molar-refractivity contribution in [1.29, 1.82) is 0 Å². The van der Waals surface area contributed by atoms with E-state index in [1.807, 2.05) is 0 Å². The Hall–Kier alpha value is -2.97. The van der Waals surface area contributed by atoms with E-state index >= 15 is 0 Å². The predicted molar refractivity (Wildman–Crippen MR) is 240 cm³/mol. The summed E-state index contributed by atoms with van der Waals surface area (Å²) in [6.07, 6.45) is 49.6. The Morgan fingerprint density at radius 2 is 1.02 bits per heavy atom. The summed E-state index contributed by atoms with van der Waals surface area (Å²) in [6.45, 7) is 4.51. The van der Waals surface area contributed by atoms with Gasteiger partial charge in [-0.05, 0) is 70.6 Å². The van der Waals surface area contributed by atoms with E-state index in [9.17, 15) is 19.5 Å². The van der Waals surface area contributed by atoms with Gasteiger partial charge < -0.3 is 28.6 Å². The quantitative estimate of drug-likeness (QED) is 0.0199. The van der Waals surface area contributed by atoms with Crippen molar-refractivity contribution in [2.24, 2.45) is 0 Å². The number of hydrogen-bond acceptors (Lipinski definition) is 7. The summed E-state index contributed by atoms with van der Waals surface area (Å²) in [5.41, 5.74) is 0. The molecule has 8 nitrogen and oxygen atoms in total. The van der Waals surface area contributed by atoms with E-state index in [0.717, 1.165) is 89.9 Å². The third-order valence-corrected chi connectivity index (χ3v) is 10.2. The molecule has 0 amide bonds. The highest BCUT2D eigenvalue weighted by Crippen LogP contribution is 2.13. The number of ether oxygens (including phenoxy) is 3. The van der Waals surface area contributed by atoms with Crippen LogP contribution in [-0.4, -0.2) is 75.5 Å². The van der Waals surface area contributed by atoms with Crippen molar-refractivity contribution in [3.63, 3.8) is 0 Å². The van der Waals surface area contributed by atoms with Crippen LogP contribution in [0.1, 0.15) is 187 Å². The summed E-state index contributed by atoms with van der Waals surface area (Å²) in [4.78, 5) is 36.9. The Bertz CT molecular complexity index is 1130. The van der Waals surface area contributed by atoms with E-state index in [1.54, 1.807) is 21.1 Å². The Kier molecular flexibility index (Phi) is 38.7. The van der Waals surface area contributed by atoms with Gasteiger partial charge in [-0.3, -0.25) is 9.59 Å². The molecule has 0 fully saturated rings. The Morgan fingerprint density at radius 1 is 0.552 bits per heavy atom. The second-order valence-electron chi connectivity index (χ2n) is 16.6. The third kappa shape index (κ3) is 38.5. The van der Waals surface area contributed by atoms with Gasteiger partial charge in [0.05, 0.1) is 40.3 Å². The van der Waals surface area contributed by atoms with Gasteiger partial charge in [-0.15, -0.1) is 0 Å². The van der Waals surface area contributed by atoms with Crippen LogP contribution in [0.25, 0.3) is 0 Å². The van der Waals surface area contributed by atoms with Crippen molar-refractivity contribution in [2.45, 2.75) is 199 Å². The van der Waals surface area contributed by atoms with Crippen LogP contribution in [0.5, 0.6) is 0 Å². The van der Waals surface area contributed by atoms with E-state index in [1.165, 1.54) is 64.2 Å². The average Bonchev–Trinajstić information content (AvgIpc) is 3.18. The Labute approximate surface area is 356 Å². The fourth-order valence-electron chi connectivity index (χ4n) is 6.55. The zero-order chi connectivity index (χ0) is 42.8. The second-order valence-corrected chi connectivity index (χ2v) is 16.6. The molecule has 2 unspecified atom stereocenters. The molecule has 0 aromatic heterocycles. The van der Waals surface area contributed by atoms with Crippen molar-refractivity contribution in [1.82, 2.24) is 0 Å². The fourth-order valence-corrected chi connectivity index (χ4v) is 6.55. The number of esters is 2. The molecule has 0 spiro atoms. The maximum absolute atomic E-state index is 12.7. The number of carbonyl (C=O) groups is 3. The number of likely N-dealkylation sites (N-methyl/N-ethyl adjacent to an activating group) is 1. The van der Waals surface area contributed by atoms with Gasteiger partial charge >= 0.3 is 11.9 Å². The largest absolute Gasteiger partial charge is 0.544 e. The summed E-state index contributed by atoms with van der Waals surface area (Å²) in [6, 6.07) is -0.733. The standard InChI is InChI=1S/C50H87NO7/c1-6-8-10-12-14-16-18-20-22-24-25-27-28-30-32-34-36-38-40-48(52)57-45-46(44-56-43-42-47(50(54)55)51(3,4)5)58-49(53)41-39-37-35-33-31-29-26-23-21-19-17-15-13-11-9-7-2/h9,11,15,17,21-25,27,46-47H,6-8,10,12-14,16,18-20,26,28-45H2,1-5H3/b11-9+,17-15+,23-21+,24-22+,27-25+. The maximum Gasteiger partial charge on any atom is 0.306 e. The molecule has 0 radical (unpaired) electrons. The molecule has 0 rings (SSSR count). The highest BCUT2D eigenvalue weighted by atomic mass is 16.6. The molecule has 0 heterocycles. The van der Waals surface area contributed by atoms with E-state index in [0.29, 0.717) is 12.8 Å². The first kappa shape index (κ1) is 55.0. The Morgan fingerprint density at radius 3 is 1.53 bits per heavy atom. The zero-order valence-corrected chi connectivity index (χ0v) is 37.9. The van der Waals surface area contributed by atoms with Crippen LogP contribution in [0.4, 0.5) is 0 Å². The molecule has 334 valence electrons. The molecule has 2 atom stereocenters. The lowest BCUT2D eigenvalue weighted by atomic mass is 10.1. The first-order chi connectivity index (χ1) is 28.1. The van der Waals surface area contributed by atoms with Gasteiger partial charge in [0.15, 0.2) is 6.10 Å². The SMILES string of the molecule is CC/C=C/C/C=C/C/C=C/CCCCCCCCC(=O)OC(COCCC(C(=O)[O-])[N+](C)(C)C)COC(=O)CCCCCCC/C=C/C=C/CCCCCCCCC. The number of quaternary nitrogens is 1. The Balaban J connectivity index is 4.36. The summed E-state index contributed by atoms with van der Waals surface area (Å²) in [7, 11) is 5.39. The average molecular weight is 814 g/mol. The summed E-state index contributed by atoms with van der Waals surface area (Å²) in [5, 5.41) is 11.6. The molecule has 0 N–H and O–H groups in total. The molecule has 0 aliphatic heterocycles.